The molecule has 0 aliphatic rings. The van der Waals surface area contributed by atoms with E-state index in [1.165, 1.54) is 5.39 Å². The smallest absolute Gasteiger partial charge is 0.148 e. The summed E-state index contributed by atoms with van der Waals surface area (Å²) >= 11 is 0. The minimum Gasteiger partial charge on any atom is -0.307 e. The molecule has 0 fully saturated rings. The Morgan fingerprint density at radius 3 is 1.52 bits per heavy atom. The third-order valence-electron chi connectivity index (χ3n) is 8.70. The Bertz CT molecular complexity index is 2290. The van der Waals surface area contributed by atoms with Gasteiger partial charge in [-0.05, 0) is 74.3 Å². The van der Waals surface area contributed by atoms with Crippen LogP contribution in [0.2, 0.25) is 0 Å². The van der Waals surface area contributed by atoms with Crippen LogP contribution in [-0.2, 0) is 0 Å². The molecule has 0 aliphatic heterocycles. The van der Waals surface area contributed by atoms with Crippen molar-refractivity contribution >= 4 is 38.6 Å². The van der Waals surface area contributed by atoms with Gasteiger partial charge < -0.3 is 4.90 Å². The van der Waals surface area contributed by atoms with Crippen molar-refractivity contribution in [2.75, 3.05) is 4.90 Å². The number of nitrogens with zero attached hydrogens (tertiary/aromatic N) is 1. The summed E-state index contributed by atoms with van der Waals surface area (Å²) in [5.41, 5.74) is 8.14. The Balaban J connectivity index is 1.44. The van der Waals surface area contributed by atoms with Crippen LogP contribution < -0.4 is 4.90 Å². The topological polar surface area (TPSA) is 3.24 Å². The van der Waals surface area contributed by atoms with Gasteiger partial charge in [0.1, 0.15) is 5.82 Å². The molecule has 1 nitrogen and oxygen atoms in total. The summed E-state index contributed by atoms with van der Waals surface area (Å²) < 4.78 is 17.1. The van der Waals surface area contributed by atoms with E-state index in [0.717, 1.165) is 60.9 Å². The van der Waals surface area contributed by atoms with Gasteiger partial charge in [-0.1, -0.05) is 152 Å². The molecule has 8 rings (SSSR count). The number of benzene rings is 8. The van der Waals surface area contributed by atoms with Crippen molar-refractivity contribution in [2.45, 2.75) is 0 Å². The summed E-state index contributed by atoms with van der Waals surface area (Å²) in [6.07, 6.45) is 0. The van der Waals surface area contributed by atoms with Gasteiger partial charge in [-0.25, -0.2) is 4.39 Å². The highest BCUT2D eigenvalue weighted by molar-refractivity contribution is 6.15. The molecule has 0 saturated carbocycles. The molecule has 46 heavy (non-hydrogen) atoms. The molecular formula is C44H30FN. The van der Waals surface area contributed by atoms with Crippen LogP contribution in [0.1, 0.15) is 0 Å². The maximum atomic E-state index is 17.1. The predicted octanol–water partition coefficient (Wildman–Crippen LogP) is 12.6. The molecule has 2 heteroatoms. The fourth-order valence-corrected chi connectivity index (χ4v) is 6.50. The molecular weight excluding hydrogens is 561 g/mol. The summed E-state index contributed by atoms with van der Waals surface area (Å²) in [6, 6.07) is 61.8. The van der Waals surface area contributed by atoms with E-state index in [1.54, 1.807) is 6.07 Å². The molecule has 0 atom stereocenters. The van der Waals surface area contributed by atoms with Gasteiger partial charge in [0.2, 0.25) is 0 Å². The average molecular weight is 592 g/mol. The largest absolute Gasteiger partial charge is 0.307 e. The van der Waals surface area contributed by atoms with E-state index in [0.29, 0.717) is 5.69 Å². The number of fused-ring (bicyclic) bond motifs is 3. The molecule has 0 saturated heterocycles. The second kappa shape index (κ2) is 11.8. The molecule has 0 aromatic heterocycles. The zero-order valence-corrected chi connectivity index (χ0v) is 25.1. The lowest BCUT2D eigenvalue weighted by Gasteiger charge is -2.30. The van der Waals surface area contributed by atoms with E-state index in [-0.39, 0.29) is 5.82 Å². The SMILES string of the molecule is Fc1cc(-c2ccccc2)cc(-c2ccccc2)c1N(c1ccc(-c2ccccc2)cc1)c1cc2ccccc2c2ccccc12. The van der Waals surface area contributed by atoms with Crippen LogP contribution in [0.15, 0.2) is 182 Å². The van der Waals surface area contributed by atoms with Gasteiger partial charge in [0.15, 0.2) is 0 Å². The van der Waals surface area contributed by atoms with Crippen LogP contribution in [0.4, 0.5) is 21.5 Å². The molecule has 218 valence electrons. The molecule has 0 bridgehead atoms. The van der Waals surface area contributed by atoms with Crippen LogP contribution in [0.3, 0.4) is 0 Å². The van der Waals surface area contributed by atoms with E-state index in [1.807, 2.05) is 66.7 Å². The number of halogens is 1. The van der Waals surface area contributed by atoms with Gasteiger partial charge in [-0.15, -0.1) is 0 Å². The molecule has 0 aliphatic carbocycles. The number of anilines is 3. The molecule has 0 amide bonds. The highest BCUT2D eigenvalue weighted by Crippen LogP contribution is 2.47. The van der Waals surface area contributed by atoms with Crippen LogP contribution in [-0.4, -0.2) is 0 Å². The zero-order valence-electron chi connectivity index (χ0n) is 25.1. The number of rotatable bonds is 6. The van der Waals surface area contributed by atoms with E-state index in [9.17, 15) is 0 Å². The maximum Gasteiger partial charge on any atom is 0.148 e. The van der Waals surface area contributed by atoms with Crippen LogP contribution in [0, 0.1) is 5.82 Å². The van der Waals surface area contributed by atoms with E-state index in [4.69, 9.17) is 0 Å². The summed E-state index contributed by atoms with van der Waals surface area (Å²) in [5.74, 6) is -0.287. The Morgan fingerprint density at radius 2 is 0.870 bits per heavy atom. The minimum atomic E-state index is -0.287. The third kappa shape index (κ3) is 5.00. The Kier molecular flexibility index (Phi) is 7.09. The van der Waals surface area contributed by atoms with Crippen molar-refractivity contribution in [1.82, 2.24) is 0 Å². The monoisotopic (exact) mass is 591 g/mol. The standard InChI is InChI=1S/C44H30FN/c45-42-29-36(32-16-6-2-7-17-32)28-41(34-18-8-3-9-19-34)44(42)46(37-26-24-33(25-27-37)31-14-4-1-5-15-31)43-30-35-20-10-11-21-38(35)39-22-12-13-23-40(39)43/h1-30H. The van der Waals surface area contributed by atoms with Gasteiger partial charge in [0.05, 0.1) is 11.4 Å². The average Bonchev–Trinajstić information content (AvgIpc) is 3.13. The normalized spacial score (nSPS) is 11.2. The van der Waals surface area contributed by atoms with Crippen molar-refractivity contribution in [2.24, 2.45) is 0 Å². The van der Waals surface area contributed by atoms with Gasteiger partial charge in [-0.2, -0.15) is 0 Å². The first-order valence-corrected chi connectivity index (χ1v) is 15.5. The highest BCUT2D eigenvalue weighted by atomic mass is 19.1. The maximum absolute atomic E-state index is 17.1. The predicted molar refractivity (Wildman–Crippen MR) is 192 cm³/mol. The fraction of sp³-hybridized carbons (Fsp3) is 0. The zero-order chi connectivity index (χ0) is 30.9. The van der Waals surface area contributed by atoms with Gasteiger partial charge in [-0.3, -0.25) is 0 Å². The summed E-state index contributed by atoms with van der Waals surface area (Å²) in [4.78, 5) is 2.11. The molecule has 0 unspecified atom stereocenters. The van der Waals surface area contributed by atoms with Crippen LogP contribution >= 0.6 is 0 Å². The van der Waals surface area contributed by atoms with Gasteiger partial charge >= 0.3 is 0 Å². The van der Waals surface area contributed by atoms with Crippen molar-refractivity contribution in [1.29, 1.82) is 0 Å². The third-order valence-corrected chi connectivity index (χ3v) is 8.70. The van der Waals surface area contributed by atoms with Crippen molar-refractivity contribution < 1.29 is 4.39 Å². The Hall–Kier alpha value is -5.99. The molecule has 0 N–H and O–H groups in total. The van der Waals surface area contributed by atoms with Gasteiger partial charge in [0, 0.05) is 16.6 Å². The van der Waals surface area contributed by atoms with Gasteiger partial charge in [0.25, 0.3) is 0 Å². The summed E-state index contributed by atoms with van der Waals surface area (Å²) in [6.45, 7) is 0. The lowest BCUT2D eigenvalue weighted by atomic mass is 9.94. The summed E-state index contributed by atoms with van der Waals surface area (Å²) in [5, 5.41) is 4.46. The quantitative estimate of drug-likeness (QED) is 0.174. The summed E-state index contributed by atoms with van der Waals surface area (Å²) in [7, 11) is 0. The first-order valence-electron chi connectivity index (χ1n) is 15.5. The first-order chi connectivity index (χ1) is 22.7. The second-order valence-electron chi connectivity index (χ2n) is 11.5. The Morgan fingerprint density at radius 1 is 0.370 bits per heavy atom. The van der Waals surface area contributed by atoms with E-state index < -0.39 is 0 Å². The van der Waals surface area contributed by atoms with Crippen LogP contribution in [0.25, 0.3) is 54.9 Å². The van der Waals surface area contributed by atoms with Crippen LogP contribution in [0.5, 0.6) is 0 Å². The Labute approximate surface area is 268 Å². The lowest BCUT2D eigenvalue weighted by molar-refractivity contribution is 0.630. The van der Waals surface area contributed by atoms with E-state index in [2.05, 4.69) is 114 Å². The number of hydrogen-bond donors (Lipinski definition) is 0. The molecule has 0 spiro atoms. The fourth-order valence-electron chi connectivity index (χ4n) is 6.50. The molecule has 8 aromatic carbocycles. The lowest BCUT2D eigenvalue weighted by Crippen LogP contribution is -2.14. The molecule has 8 aromatic rings. The molecule has 0 heterocycles. The number of hydrogen-bond acceptors (Lipinski definition) is 1. The first kappa shape index (κ1) is 27.6. The van der Waals surface area contributed by atoms with Crippen molar-refractivity contribution in [3.05, 3.63) is 188 Å². The van der Waals surface area contributed by atoms with Crippen molar-refractivity contribution in [3.63, 3.8) is 0 Å². The van der Waals surface area contributed by atoms with Crippen molar-refractivity contribution in [3.8, 4) is 33.4 Å². The molecule has 0 radical (unpaired) electrons. The minimum absolute atomic E-state index is 0.287. The highest BCUT2D eigenvalue weighted by Gasteiger charge is 2.25. The van der Waals surface area contributed by atoms with E-state index >= 15 is 4.39 Å². The second-order valence-corrected chi connectivity index (χ2v) is 11.5.